The van der Waals surface area contributed by atoms with Crippen LogP contribution < -0.4 is 9.47 Å². The zero-order valence-corrected chi connectivity index (χ0v) is 35.0. The maximum atomic E-state index is 13.7. The summed E-state index contributed by atoms with van der Waals surface area (Å²) in [7, 11) is 0. The second-order valence-corrected chi connectivity index (χ2v) is 21.6. The molecule has 0 amide bonds. The highest BCUT2D eigenvalue weighted by Crippen LogP contribution is 2.51. The number of esters is 2. The van der Waals surface area contributed by atoms with Gasteiger partial charge in [-0.1, -0.05) is 127 Å². The molecule has 5 rings (SSSR count). The molecule has 52 heavy (non-hydrogen) atoms. The molecule has 0 bridgehead atoms. The highest BCUT2D eigenvalue weighted by Gasteiger charge is 2.44. The molecule has 3 fully saturated rings. The molecule has 0 aliphatic heterocycles. The van der Waals surface area contributed by atoms with Gasteiger partial charge in [0.25, 0.3) is 0 Å². The smallest absolute Gasteiger partial charge is 0.314 e. The molecule has 288 valence electrons. The van der Waals surface area contributed by atoms with Gasteiger partial charge in [0.1, 0.15) is 11.5 Å². The molecular formula is C48H72O4. The van der Waals surface area contributed by atoms with E-state index in [2.05, 4.69) is 107 Å². The fourth-order valence-electron chi connectivity index (χ4n) is 9.83. The summed E-state index contributed by atoms with van der Waals surface area (Å²) in [5, 5.41) is 0. The highest BCUT2D eigenvalue weighted by molar-refractivity contribution is 5.76. The second kappa shape index (κ2) is 15.3. The summed E-state index contributed by atoms with van der Waals surface area (Å²) >= 11 is 0. The van der Waals surface area contributed by atoms with Crippen molar-refractivity contribution in [1.29, 1.82) is 0 Å². The zero-order chi connectivity index (χ0) is 38.3. The van der Waals surface area contributed by atoms with E-state index in [1.807, 2.05) is 24.3 Å². The summed E-state index contributed by atoms with van der Waals surface area (Å²) in [4.78, 5) is 27.3. The molecular weight excluding hydrogens is 641 g/mol. The quantitative estimate of drug-likeness (QED) is 0.221. The second-order valence-electron chi connectivity index (χ2n) is 21.6. The van der Waals surface area contributed by atoms with E-state index < -0.39 is 0 Å². The fourth-order valence-corrected chi connectivity index (χ4v) is 9.83. The summed E-state index contributed by atoms with van der Waals surface area (Å²) in [5.41, 5.74) is 3.07. The van der Waals surface area contributed by atoms with Crippen LogP contribution in [-0.2, 0) is 15.0 Å². The Morgan fingerprint density at radius 1 is 0.462 bits per heavy atom. The number of hydrogen-bond donors (Lipinski definition) is 0. The molecule has 2 aromatic carbocycles. The van der Waals surface area contributed by atoms with E-state index in [1.54, 1.807) is 0 Å². The Bertz CT molecular complexity index is 1350. The molecule has 4 heteroatoms. The number of rotatable bonds is 6. The number of hydrogen-bond acceptors (Lipinski definition) is 4. The Morgan fingerprint density at radius 3 is 1.02 bits per heavy atom. The first-order valence-electron chi connectivity index (χ1n) is 20.7. The van der Waals surface area contributed by atoms with Crippen LogP contribution in [0.3, 0.4) is 0 Å². The summed E-state index contributed by atoms with van der Waals surface area (Å²) in [6, 6.07) is 16.7. The molecule has 0 radical (unpaired) electrons. The number of ether oxygens (including phenoxy) is 2. The van der Waals surface area contributed by atoms with E-state index >= 15 is 0 Å². The van der Waals surface area contributed by atoms with Crippen molar-refractivity contribution in [2.24, 2.45) is 57.2 Å². The average Bonchev–Trinajstić information content (AvgIpc) is 3.07. The minimum atomic E-state index is -0.115. The number of benzene rings is 2. The van der Waals surface area contributed by atoms with Gasteiger partial charge in [-0.3, -0.25) is 9.59 Å². The van der Waals surface area contributed by atoms with Gasteiger partial charge < -0.3 is 9.47 Å². The SMILES string of the molecule is CC(C)(C)[C@@H]1CC(C(=O)Oc2ccc(C3(c4ccc(OC(=O)C5C[C@H](C(C)(C)C)C[C@@H](C(C)(C)C)C5)cc4)CCCCC3)cc2)C[C@H](C(C)(C)C)C1. The average molecular weight is 713 g/mol. The molecule has 3 saturated carbocycles. The molecule has 0 spiro atoms. The van der Waals surface area contributed by atoms with Crippen LogP contribution in [0.15, 0.2) is 48.5 Å². The van der Waals surface area contributed by atoms with Gasteiger partial charge in [0, 0.05) is 5.41 Å². The third-order valence-electron chi connectivity index (χ3n) is 13.9. The van der Waals surface area contributed by atoms with Crippen molar-refractivity contribution in [3.8, 4) is 11.5 Å². The van der Waals surface area contributed by atoms with Gasteiger partial charge in [0.15, 0.2) is 0 Å². The first-order chi connectivity index (χ1) is 24.1. The lowest BCUT2D eigenvalue weighted by molar-refractivity contribution is -0.143. The molecule has 3 aliphatic carbocycles. The Balaban J connectivity index is 1.29. The lowest BCUT2D eigenvalue weighted by Gasteiger charge is -2.45. The van der Waals surface area contributed by atoms with E-state index in [0.717, 1.165) is 38.5 Å². The van der Waals surface area contributed by atoms with Crippen molar-refractivity contribution in [2.75, 3.05) is 0 Å². The van der Waals surface area contributed by atoms with E-state index in [0.29, 0.717) is 35.2 Å². The van der Waals surface area contributed by atoms with Gasteiger partial charge in [0.05, 0.1) is 11.8 Å². The summed E-state index contributed by atoms with van der Waals surface area (Å²) in [6.45, 7) is 27.7. The van der Waals surface area contributed by atoms with E-state index in [4.69, 9.17) is 9.47 Å². The minimum Gasteiger partial charge on any atom is -0.426 e. The number of carbonyl (C=O) groups is 2. The van der Waals surface area contributed by atoms with Crippen LogP contribution >= 0.6 is 0 Å². The standard InChI is InChI=1S/C48H72O4/c1-44(2,3)36-26-32(27-37(30-36)45(4,5)6)42(49)51-40-20-16-34(17-21-40)48(24-14-13-15-25-48)35-18-22-41(23-19-35)52-43(50)33-28-38(46(7,8)9)31-39(29-33)47(10,11)12/h16-23,32-33,36-39H,13-15,24-31H2,1-12H3/t32?,36-,37+,38-,39-/m0/s1. The van der Waals surface area contributed by atoms with Crippen LogP contribution in [0.25, 0.3) is 0 Å². The summed E-state index contributed by atoms with van der Waals surface area (Å²) in [5.74, 6) is 2.97. The maximum Gasteiger partial charge on any atom is 0.314 e. The molecule has 2 aromatic rings. The van der Waals surface area contributed by atoms with E-state index in [1.165, 1.54) is 43.2 Å². The summed E-state index contributed by atoms with van der Waals surface area (Å²) < 4.78 is 12.2. The topological polar surface area (TPSA) is 52.6 Å². The van der Waals surface area contributed by atoms with Gasteiger partial charge in [-0.25, -0.2) is 0 Å². The van der Waals surface area contributed by atoms with Gasteiger partial charge in [-0.2, -0.15) is 0 Å². The Hall–Kier alpha value is -2.62. The predicted octanol–water partition coefficient (Wildman–Crippen LogP) is 13.0. The fraction of sp³-hybridized carbons (Fsp3) is 0.708. The van der Waals surface area contributed by atoms with Gasteiger partial charge in [-0.05, 0) is 132 Å². The first kappa shape index (κ1) is 40.6. The monoisotopic (exact) mass is 713 g/mol. The Morgan fingerprint density at radius 2 is 0.750 bits per heavy atom. The third-order valence-corrected chi connectivity index (χ3v) is 13.9. The predicted molar refractivity (Wildman–Crippen MR) is 214 cm³/mol. The van der Waals surface area contributed by atoms with Gasteiger partial charge in [0.2, 0.25) is 0 Å². The van der Waals surface area contributed by atoms with Crippen LogP contribution in [0, 0.1) is 57.2 Å². The van der Waals surface area contributed by atoms with Crippen LogP contribution in [0.2, 0.25) is 0 Å². The molecule has 0 aromatic heterocycles. The lowest BCUT2D eigenvalue weighted by Crippen LogP contribution is -2.39. The molecule has 0 heterocycles. The number of carbonyl (C=O) groups excluding carboxylic acids is 2. The molecule has 0 N–H and O–H groups in total. The molecule has 5 atom stereocenters. The van der Waals surface area contributed by atoms with Crippen molar-refractivity contribution < 1.29 is 19.1 Å². The minimum absolute atomic E-state index is 0.0721. The molecule has 4 nitrogen and oxygen atoms in total. The van der Waals surface area contributed by atoms with Crippen molar-refractivity contribution in [2.45, 2.75) is 159 Å². The zero-order valence-electron chi connectivity index (χ0n) is 35.0. The molecule has 1 unspecified atom stereocenters. The highest BCUT2D eigenvalue weighted by atomic mass is 16.5. The summed E-state index contributed by atoms with van der Waals surface area (Å²) in [6.07, 6.45) is 11.7. The van der Waals surface area contributed by atoms with Crippen molar-refractivity contribution in [3.05, 3.63) is 59.7 Å². The van der Waals surface area contributed by atoms with Crippen LogP contribution in [0.5, 0.6) is 11.5 Å². The normalized spacial score (nSPS) is 27.5. The van der Waals surface area contributed by atoms with Crippen molar-refractivity contribution in [3.63, 3.8) is 0 Å². The lowest BCUT2D eigenvalue weighted by atomic mass is 9.60. The van der Waals surface area contributed by atoms with Crippen molar-refractivity contribution >= 4 is 11.9 Å². The first-order valence-corrected chi connectivity index (χ1v) is 20.7. The Labute approximate surface area is 317 Å². The van der Waals surface area contributed by atoms with Crippen LogP contribution in [0.4, 0.5) is 0 Å². The van der Waals surface area contributed by atoms with Crippen LogP contribution in [-0.4, -0.2) is 11.9 Å². The van der Waals surface area contributed by atoms with Crippen molar-refractivity contribution in [1.82, 2.24) is 0 Å². The van der Waals surface area contributed by atoms with E-state index in [-0.39, 0.29) is 50.8 Å². The molecule has 0 saturated heterocycles. The van der Waals surface area contributed by atoms with Gasteiger partial charge >= 0.3 is 11.9 Å². The third kappa shape index (κ3) is 9.54. The van der Waals surface area contributed by atoms with Crippen LogP contribution in [0.1, 0.15) is 165 Å². The molecule has 3 aliphatic rings. The maximum absolute atomic E-state index is 13.7. The van der Waals surface area contributed by atoms with Gasteiger partial charge in [-0.15, -0.1) is 0 Å². The van der Waals surface area contributed by atoms with E-state index in [9.17, 15) is 9.59 Å². The largest absolute Gasteiger partial charge is 0.426 e. The Kier molecular flexibility index (Phi) is 11.9.